The summed E-state index contributed by atoms with van der Waals surface area (Å²) in [5, 5.41) is 9.66. The SMILES string of the molecule is CCOC(=O)C1=C(c2ccc(OC)cc2)OC(N)=C(C#N)[C@H]1c1ccccc1F. The minimum Gasteiger partial charge on any atom is -0.497 e. The van der Waals surface area contributed by atoms with E-state index >= 15 is 0 Å². The Morgan fingerprint density at radius 1 is 1.24 bits per heavy atom. The number of hydrogen-bond acceptors (Lipinski definition) is 6. The molecular formula is C22H19FN2O4. The van der Waals surface area contributed by atoms with E-state index in [9.17, 15) is 14.4 Å². The largest absolute Gasteiger partial charge is 0.497 e. The van der Waals surface area contributed by atoms with Crippen molar-refractivity contribution in [2.45, 2.75) is 12.8 Å². The summed E-state index contributed by atoms with van der Waals surface area (Å²) in [6.45, 7) is 1.76. The van der Waals surface area contributed by atoms with Crippen LogP contribution in [-0.4, -0.2) is 19.7 Å². The molecule has 7 heteroatoms. The number of ether oxygens (including phenoxy) is 3. The fourth-order valence-corrected chi connectivity index (χ4v) is 3.15. The Kier molecular flexibility index (Phi) is 5.84. The number of carbonyl (C=O) groups excluding carboxylic acids is 1. The molecule has 6 nitrogen and oxygen atoms in total. The molecule has 0 bridgehead atoms. The monoisotopic (exact) mass is 394 g/mol. The molecule has 0 radical (unpaired) electrons. The van der Waals surface area contributed by atoms with Crippen molar-refractivity contribution in [1.82, 2.24) is 0 Å². The van der Waals surface area contributed by atoms with Crippen molar-refractivity contribution in [3.63, 3.8) is 0 Å². The summed E-state index contributed by atoms with van der Waals surface area (Å²) in [5.41, 5.74) is 6.57. The van der Waals surface area contributed by atoms with Crippen LogP contribution in [-0.2, 0) is 14.3 Å². The lowest BCUT2D eigenvalue weighted by Gasteiger charge is -2.28. The molecule has 2 aromatic carbocycles. The number of halogens is 1. The molecule has 3 rings (SSSR count). The fourth-order valence-electron chi connectivity index (χ4n) is 3.15. The van der Waals surface area contributed by atoms with Crippen molar-refractivity contribution >= 4 is 11.7 Å². The van der Waals surface area contributed by atoms with E-state index in [2.05, 4.69) is 0 Å². The zero-order valence-corrected chi connectivity index (χ0v) is 15.9. The highest BCUT2D eigenvalue weighted by Crippen LogP contribution is 2.43. The average Bonchev–Trinajstić information content (AvgIpc) is 2.73. The lowest BCUT2D eigenvalue weighted by atomic mass is 9.81. The van der Waals surface area contributed by atoms with E-state index in [1.165, 1.54) is 25.3 Å². The van der Waals surface area contributed by atoms with Gasteiger partial charge < -0.3 is 19.9 Å². The van der Waals surface area contributed by atoms with Crippen LogP contribution >= 0.6 is 0 Å². The first kappa shape index (κ1) is 20.0. The fraction of sp³-hybridized carbons (Fsp3) is 0.182. The second kappa shape index (κ2) is 8.48. The van der Waals surface area contributed by atoms with Crippen molar-refractivity contribution in [3.05, 3.63) is 82.5 Å². The number of hydrogen-bond donors (Lipinski definition) is 1. The first-order valence-electron chi connectivity index (χ1n) is 8.89. The molecule has 29 heavy (non-hydrogen) atoms. The lowest BCUT2D eigenvalue weighted by Crippen LogP contribution is -2.26. The van der Waals surface area contributed by atoms with Crippen LogP contribution in [0.3, 0.4) is 0 Å². The maximum absolute atomic E-state index is 14.7. The van der Waals surface area contributed by atoms with E-state index < -0.39 is 17.7 Å². The molecule has 0 fully saturated rings. The third kappa shape index (κ3) is 3.78. The summed E-state index contributed by atoms with van der Waals surface area (Å²) in [7, 11) is 1.53. The van der Waals surface area contributed by atoms with Crippen LogP contribution in [0.25, 0.3) is 5.76 Å². The van der Waals surface area contributed by atoms with Gasteiger partial charge in [-0.1, -0.05) is 18.2 Å². The van der Waals surface area contributed by atoms with Gasteiger partial charge in [0, 0.05) is 11.1 Å². The molecule has 0 aromatic heterocycles. The van der Waals surface area contributed by atoms with Gasteiger partial charge in [0.2, 0.25) is 5.88 Å². The van der Waals surface area contributed by atoms with Gasteiger partial charge in [-0.05, 0) is 37.3 Å². The molecule has 2 aromatic rings. The molecule has 1 heterocycles. The lowest BCUT2D eigenvalue weighted by molar-refractivity contribution is -0.138. The van der Waals surface area contributed by atoms with Crippen LogP contribution in [0, 0.1) is 17.1 Å². The van der Waals surface area contributed by atoms with E-state index in [1.54, 1.807) is 37.3 Å². The van der Waals surface area contributed by atoms with E-state index in [1.807, 2.05) is 6.07 Å². The standard InChI is InChI=1S/C22H19FN2O4/c1-3-28-22(26)19-18(15-6-4-5-7-17(15)23)16(12-24)21(25)29-20(19)13-8-10-14(27-2)11-9-13/h4-11,18H,3,25H2,1-2H3/t18-/m1/s1. The van der Waals surface area contributed by atoms with Crippen molar-refractivity contribution < 1.29 is 23.4 Å². The molecule has 1 atom stereocenters. The van der Waals surface area contributed by atoms with Crippen LogP contribution in [0.5, 0.6) is 5.75 Å². The summed E-state index contributed by atoms with van der Waals surface area (Å²) >= 11 is 0. The first-order valence-corrected chi connectivity index (χ1v) is 8.89. The summed E-state index contributed by atoms with van der Waals surface area (Å²) in [4.78, 5) is 12.9. The minimum atomic E-state index is -1.06. The molecule has 0 saturated carbocycles. The van der Waals surface area contributed by atoms with Gasteiger partial charge in [0.05, 0.1) is 25.2 Å². The third-order valence-electron chi connectivity index (χ3n) is 4.48. The zero-order chi connectivity index (χ0) is 21.0. The third-order valence-corrected chi connectivity index (χ3v) is 4.48. The van der Waals surface area contributed by atoms with Crippen LogP contribution < -0.4 is 10.5 Å². The number of nitrogens with zero attached hydrogens (tertiary/aromatic N) is 1. The van der Waals surface area contributed by atoms with Crippen LogP contribution in [0.2, 0.25) is 0 Å². The van der Waals surface area contributed by atoms with Gasteiger partial charge in [-0.2, -0.15) is 5.26 Å². The van der Waals surface area contributed by atoms with E-state index in [0.717, 1.165) is 0 Å². The van der Waals surface area contributed by atoms with Crippen LogP contribution in [0.15, 0.2) is 65.6 Å². The number of esters is 1. The molecular weight excluding hydrogens is 375 g/mol. The second-order valence-electron chi connectivity index (χ2n) is 6.14. The Hall–Kier alpha value is -3.79. The van der Waals surface area contributed by atoms with Gasteiger partial charge >= 0.3 is 5.97 Å². The quantitative estimate of drug-likeness (QED) is 0.779. The van der Waals surface area contributed by atoms with E-state index in [0.29, 0.717) is 11.3 Å². The molecule has 0 saturated heterocycles. The molecule has 148 valence electrons. The first-order chi connectivity index (χ1) is 14.0. The summed E-state index contributed by atoms with van der Waals surface area (Å²) < 4.78 is 30.7. The van der Waals surface area contributed by atoms with E-state index in [4.69, 9.17) is 19.9 Å². The van der Waals surface area contributed by atoms with Crippen LogP contribution in [0.1, 0.15) is 24.0 Å². The predicted octanol–water partition coefficient (Wildman–Crippen LogP) is 3.62. The van der Waals surface area contributed by atoms with Crippen molar-refractivity contribution in [1.29, 1.82) is 5.26 Å². The number of allylic oxidation sites excluding steroid dienone is 1. The van der Waals surface area contributed by atoms with Crippen molar-refractivity contribution in [3.8, 4) is 11.8 Å². The molecule has 0 spiro atoms. The van der Waals surface area contributed by atoms with Gasteiger partial charge in [-0.25, -0.2) is 9.18 Å². The summed E-state index contributed by atoms with van der Waals surface area (Å²) in [6, 6.07) is 14.6. The maximum atomic E-state index is 14.7. The number of methoxy groups -OCH3 is 1. The molecule has 2 N–H and O–H groups in total. The predicted molar refractivity (Wildman–Crippen MR) is 104 cm³/mol. The number of nitrogens with two attached hydrogens (primary N) is 1. The normalized spacial score (nSPS) is 16.1. The Balaban J connectivity index is 2.28. The van der Waals surface area contributed by atoms with Gasteiger partial charge in [-0.15, -0.1) is 0 Å². The summed E-state index contributed by atoms with van der Waals surface area (Å²) in [5.74, 6) is -1.83. The summed E-state index contributed by atoms with van der Waals surface area (Å²) in [6.07, 6.45) is 0. The average molecular weight is 394 g/mol. The number of carbonyl (C=O) groups is 1. The minimum absolute atomic E-state index is 0.00728. The van der Waals surface area contributed by atoms with Gasteiger partial charge in [0.1, 0.15) is 29.0 Å². The Morgan fingerprint density at radius 3 is 2.52 bits per heavy atom. The van der Waals surface area contributed by atoms with Gasteiger partial charge in [-0.3, -0.25) is 0 Å². The Labute approximate surface area is 167 Å². The Bertz CT molecular complexity index is 1040. The number of rotatable bonds is 5. The van der Waals surface area contributed by atoms with Crippen LogP contribution in [0.4, 0.5) is 4.39 Å². The number of benzene rings is 2. The van der Waals surface area contributed by atoms with Gasteiger partial charge in [0.15, 0.2) is 0 Å². The molecule has 0 amide bonds. The maximum Gasteiger partial charge on any atom is 0.338 e. The van der Waals surface area contributed by atoms with E-state index in [-0.39, 0.29) is 35.0 Å². The van der Waals surface area contributed by atoms with Gasteiger partial charge in [0.25, 0.3) is 0 Å². The molecule has 0 aliphatic carbocycles. The highest BCUT2D eigenvalue weighted by molar-refractivity contribution is 5.99. The van der Waals surface area contributed by atoms with Crippen molar-refractivity contribution in [2.75, 3.05) is 13.7 Å². The number of nitriles is 1. The zero-order valence-electron chi connectivity index (χ0n) is 15.9. The molecule has 1 aliphatic heterocycles. The highest BCUT2D eigenvalue weighted by atomic mass is 19.1. The molecule has 1 aliphatic rings. The second-order valence-corrected chi connectivity index (χ2v) is 6.14. The Morgan fingerprint density at radius 2 is 1.93 bits per heavy atom. The topological polar surface area (TPSA) is 94.6 Å². The smallest absolute Gasteiger partial charge is 0.338 e. The highest BCUT2D eigenvalue weighted by Gasteiger charge is 2.39. The van der Waals surface area contributed by atoms with Crippen molar-refractivity contribution in [2.24, 2.45) is 5.73 Å². The molecule has 0 unspecified atom stereocenters.